The number of anilines is 1. The first kappa shape index (κ1) is 20.1. The van der Waals surface area contributed by atoms with Crippen LogP contribution in [0.3, 0.4) is 0 Å². The van der Waals surface area contributed by atoms with Gasteiger partial charge in [0.05, 0.1) is 25.4 Å². The number of thiophene rings is 1. The van der Waals surface area contributed by atoms with Gasteiger partial charge >= 0.3 is 0 Å². The standard InChI is InChI=1S/C16H21N3O5S3/c1-3-8-18-14-10-19(11-4-6-12(24-2)7-5-11)27(22,23)16-13(14)9-15(25-16)26(17,20)21/h4-7,9,14,18H,3,8,10H2,1-2H3,(H2,17,20,21)/t14-/m0/s1. The lowest BCUT2D eigenvalue weighted by molar-refractivity contribution is 0.415. The number of benzene rings is 1. The van der Waals surface area contributed by atoms with Crippen molar-refractivity contribution in [3.63, 3.8) is 0 Å². The number of ether oxygens (including phenoxy) is 1. The zero-order valence-electron chi connectivity index (χ0n) is 14.9. The normalized spacial score (nSPS) is 18.9. The van der Waals surface area contributed by atoms with Crippen molar-refractivity contribution < 1.29 is 21.6 Å². The summed E-state index contributed by atoms with van der Waals surface area (Å²) in [6.45, 7) is 2.82. The molecule has 3 rings (SSSR count). The van der Waals surface area contributed by atoms with Gasteiger partial charge in [0.1, 0.15) is 14.2 Å². The van der Waals surface area contributed by atoms with Crippen LogP contribution in [0.4, 0.5) is 5.69 Å². The third-order valence-electron chi connectivity index (χ3n) is 4.23. The zero-order valence-corrected chi connectivity index (χ0v) is 17.3. The molecule has 0 aliphatic carbocycles. The van der Waals surface area contributed by atoms with Crippen LogP contribution in [0.25, 0.3) is 0 Å². The van der Waals surface area contributed by atoms with Gasteiger partial charge in [0, 0.05) is 5.56 Å². The summed E-state index contributed by atoms with van der Waals surface area (Å²) >= 11 is 0.685. The molecule has 1 atom stereocenters. The van der Waals surface area contributed by atoms with Crippen molar-refractivity contribution in [3.8, 4) is 5.75 Å². The van der Waals surface area contributed by atoms with Gasteiger partial charge in [0.15, 0.2) is 0 Å². The summed E-state index contributed by atoms with van der Waals surface area (Å²) in [5.74, 6) is 0.613. The van der Waals surface area contributed by atoms with E-state index in [4.69, 9.17) is 9.88 Å². The fourth-order valence-corrected chi connectivity index (χ4v) is 7.15. The highest BCUT2D eigenvalue weighted by Gasteiger charge is 2.40. The Morgan fingerprint density at radius 1 is 1.33 bits per heavy atom. The third kappa shape index (κ3) is 3.83. The van der Waals surface area contributed by atoms with Gasteiger partial charge in [0.2, 0.25) is 10.0 Å². The number of hydrogen-bond acceptors (Lipinski definition) is 7. The molecule has 3 N–H and O–H groups in total. The van der Waals surface area contributed by atoms with Crippen LogP contribution < -0.4 is 19.5 Å². The second kappa shape index (κ2) is 7.40. The van der Waals surface area contributed by atoms with Crippen LogP contribution >= 0.6 is 11.3 Å². The molecule has 0 spiro atoms. The average Bonchev–Trinajstić information content (AvgIpc) is 3.08. The summed E-state index contributed by atoms with van der Waals surface area (Å²) in [7, 11) is -6.36. The fourth-order valence-electron chi connectivity index (χ4n) is 2.90. The lowest BCUT2D eigenvalue weighted by atomic mass is 10.1. The van der Waals surface area contributed by atoms with Gasteiger partial charge in [-0.25, -0.2) is 22.0 Å². The molecule has 0 saturated heterocycles. The van der Waals surface area contributed by atoms with E-state index < -0.39 is 20.0 Å². The molecule has 0 amide bonds. The van der Waals surface area contributed by atoms with Crippen LogP contribution in [0.2, 0.25) is 0 Å². The Hall–Kier alpha value is -1.66. The Balaban J connectivity index is 2.11. The lowest BCUT2D eigenvalue weighted by Crippen LogP contribution is -2.43. The molecule has 0 unspecified atom stereocenters. The monoisotopic (exact) mass is 431 g/mol. The number of nitrogens with two attached hydrogens (primary N) is 1. The number of hydrogen-bond donors (Lipinski definition) is 2. The molecule has 0 radical (unpaired) electrons. The molecule has 8 nitrogen and oxygen atoms in total. The summed E-state index contributed by atoms with van der Waals surface area (Å²) < 4.78 is 56.1. The summed E-state index contributed by atoms with van der Waals surface area (Å²) in [5, 5.41) is 8.51. The summed E-state index contributed by atoms with van der Waals surface area (Å²) in [4.78, 5) is 0. The predicted molar refractivity (Wildman–Crippen MR) is 104 cm³/mol. The molecule has 1 aromatic carbocycles. The van der Waals surface area contributed by atoms with Gasteiger partial charge in [-0.05, 0) is 43.3 Å². The molecule has 27 heavy (non-hydrogen) atoms. The molecular formula is C16H21N3O5S3. The summed E-state index contributed by atoms with van der Waals surface area (Å²) in [6.07, 6.45) is 0.854. The van der Waals surface area contributed by atoms with Crippen molar-refractivity contribution in [1.82, 2.24) is 5.32 Å². The van der Waals surface area contributed by atoms with Crippen molar-refractivity contribution in [2.24, 2.45) is 5.14 Å². The largest absolute Gasteiger partial charge is 0.497 e. The predicted octanol–water partition coefficient (Wildman–Crippen LogP) is 1.65. The maximum atomic E-state index is 13.2. The minimum absolute atomic E-state index is 0.00203. The molecule has 0 bridgehead atoms. The Kier molecular flexibility index (Phi) is 5.50. The Labute approximate surface area is 163 Å². The molecule has 2 heterocycles. The first-order chi connectivity index (χ1) is 12.7. The highest BCUT2D eigenvalue weighted by Crippen LogP contribution is 2.41. The fraction of sp³-hybridized carbons (Fsp3) is 0.375. The van der Waals surface area contributed by atoms with Crippen LogP contribution in [0.5, 0.6) is 5.75 Å². The maximum Gasteiger partial charge on any atom is 0.274 e. The van der Waals surface area contributed by atoms with Gasteiger partial charge in [-0.2, -0.15) is 0 Å². The first-order valence-corrected chi connectivity index (χ1v) is 12.1. The van der Waals surface area contributed by atoms with Gasteiger partial charge < -0.3 is 10.1 Å². The Bertz CT molecular complexity index is 1030. The molecular weight excluding hydrogens is 410 g/mol. The van der Waals surface area contributed by atoms with Crippen LogP contribution in [0.1, 0.15) is 24.9 Å². The Morgan fingerprint density at radius 3 is 2.56 bits per heavy atom. The van der Waals surface area contributed by atoms with E-state index in [0.29, 0.717) is 34.9 Å². The summed E-state index contributed by atoms with van der Waals surface area (Å²) in [6, 6.07) is 7.71. The van der Waals surface area contributed by atoms with E-state index in [-0.39, 0.29) is 21.0 Å². The number of fused-ring (bicyclic) bond motifs is 1. The third-order valence-corrected chi connectivity index (χ3v) is 9.12. The van der Waals surface area contributed by atoms with Crippen molar-refractivity contribution in [2.75, 3.05) is 24.5 Å². The Morgan fingerprint density at radius 2 is 2.00 bits per heavy atom. The second-order valence-corrected chi connectivity index (χ2v) is 11.0. The van der Waals surface area contributed by atoms with E-state index in [1.165, 1.54) is 17.5 Å². The number of nitrogens with zero attached hydrogens (tertiary/aromatic N) is 1. The second-order valence-electron chi connectivity index (χ2n) is 6.09. The maximum absolute atomic E-state index is 13.2. The average molecular weight is 432 g/mol. The number of nitrogens with one attached hydrogen (secondary N) is 1. The van der Waals surface area contributed by atoms with Crippen molar-refractivity contribution in [3.05, 3.63) is 35.9 Å². The smallest absolute Gasteiger partial charge is 0.274 e. The summed E-state index contributed by atoms with van der Waals surface area (Å²) in [5.41, 5.74) is 0.928. The molecule has 0 fully saturated rings. The lowest BCUT2D eigenvalue weighted by Gasteiger charge is -2.34. The molecule has 2 aromatic rings. The number of methoxy groups -OCH3 is 1. The van der Waals surface area contributed by atoms with E-state index in [1.807, 2.05) is 6.92 Å². The van der Waals surface area contributed by atoms with Crippen LogP contribution in [-0.2, 0) is 20.0 Å². The number of sulfonamides is 2. The molecule has 1 aliphatic heterocycles. The molecule has 1 aliphatic rings. The topological polar surface area (TPSA) is 119 Å². The van der Waals surface area contributed by atoms with E-state index in [0.717, 1.165) is 6.42 Å². The van der Waals surface area contributed by atoms with Crippen molar-refractivity contribution in [2.45, 2.75) is 27.8 Å². The van der Waals surface area contributed by atoms with Crippen LogP contribution in [0.15, 0.2) is 38.8 Å². The minimum Gasteiger partial charge on any atom is -0.497 e. The highest BCUT2D eigenvalue weighted by atomic mass is 32.3. The number of rotatable bonds is 6. The molecule has 0 saturated carbocycles. The van der Waals surface area contributed by atoms with E-state index in [9.17, 15) is 16.8 Å². The van der Waals surface area contributed by atoms with Crippen LogP contribution in [0, 0.1) is 0 Å². The highest BCUT2D eigenvalue weighted by molar-refractivity contribution is 7.96. The van der Waals surface area contributed by atoms with Gasteiger partial charge in [0.25, 0.3) is 10.0 Å². The van der Waals surface area contributed by atoms with E-state index >= 15 is 0 Å². The first-order valence-electron chi connectivity index (χ1n) is 8.25. The quantitative estimate of drug-likeness (QED) is 0.718. The van der Waals surface area contributed by atoms with Gasteiger partial charge in [-0.1, -0.05) is 6.92 Å². The minimum atomic E-state index is -3.99. The van der Waals surface area contributed by atoms with E-state index in [1.54, 1.807) is 24.3 Å². The van der Waals surface area contributed by atoms with Crippen molar-refractivity contribution >= 4 is 37.1 Å². The number of primary sulfonamides is 1. The molecule has 11 heteroatoms. The van der Waals surface area contributed by atoms with Gasteiger partial charge in [-0.3, -0.25) is 4.31 Å². The zero-order chi connectivity index (χ0) is 19.8. The SMILES string of the molecule is CCCN[C@H]1CN(c2ccc(OC)cc2)S(=O)(=O)c2sc(S(N)(=O)=O)cc21. The molecule has 1 aromatic heterocycles. The van der Waals surface area contributed by atoms with Crippen LogP contribution in [-0.4, -0.2) is 37.0 Å². The van der Waals surface area contributed by atoms with Gasteiger partial charge in [-0.15, -0.1) is 11.3 Å². The van der Waals surface area contributed by atoms with Crippen molar-refractivity contribution in [1.29, 1.82) is 0 Å². The van der Waals surface area contributed by atoms with E-state index in [2.05, 4.69) is 5.32 Å². The molecule has 148 valence electrons.